The van der Waals surface area contributed by atoms with Gasteiger partial charge in [0.2, 0.25) is 5.65 Å². The lowest BCUT2D eigenvalue weighted by atomic mass is 10.2. The van der Waals surface area contributed by atoms with E-state index in [1.165, 1.54) is 12.4 Å². The Kier molecular flexibility index (Phi) is 3.09. The maximum absolute atomic E-state index is 14.4. The molecule has 3 aromatic rings. The van der Waals surface area contributed by atoms with Crippen molar-refractivity contribution in [2.24, 2.45) is 0 Å². The van der Waals surface area contributed by atoms with E-state index in [1.807, 2.05) is 6.07 Å². The average Bonchev–Trinajstić information content (AvgIpc) is 3.05. The molecule has 4 rings (SSSR count). The van der Waals surface area contributed by atoms with Crippen LogP contribution < -0.4 is 4.90 Å². The first-order valence-electron chi connectivity index (χ1n) is 7.34. The van der Waals surface area contributed by atoms with Crippen molar-refractivity contribution in [1.82, 2.24) is 24.5 Å². The van der Waals surface area contributed by atoms with Crippen molar-refractivity contribution in [2.45, 2.75) is 0 Å². The average molecular weight is 311 g/mol. The van der Waals surface area contributed by atoms with E-state index in [-0.39, 0.29) is 11.1 Å². The van der Waals surface area contributed by atoms with E-state index in [0.717, 1.165) is 26.2 Å². The highest BCUT2D eigenvalue weighted by Crippen LogP contribution is 2.26. The normalized spacial score (nSPS) is 16.1. The molecule has 0 N–H and O–H groups in total. The van der Waals surface area contributed by atoms with E-state index in [2.05, 4.69) is 32.0 Å². The second-order valence-electron chi connectivity index (χ2n) is 5.69. The third-order valence-electron chi connectivity index (χ3n) is 4.20. The first kappa shape index (κ1) is 13.8. The van der Waals surface area contributed by atoms with Crippen molar-refractivity contribution in [3.63, 3.8) is 0 Å². The number of fused-ring (bicyclic) bond motifs is 3. The molecule has 1 saturated heterocycles. The van der Waals surface area contributed by atoms with Crippen LogP contribution in [0.4, 0.5) is 10.2 Å². The smallest absolute Gasteiger partial charge is 0.204 e. The highest BCUT2D eigenvalue weighted by Gasteiger charge is 2.21. The monoisotopic (exact) mass is 311 g/mol. The first-order chi connectivity index (χ1) is 11.2. The van der Waals surface area contributed by atoms with Crippen LogP contribution in [0.2, 0.25) is 0 Å². The lowest BCUT2D eigenvalue weighted by Gasteiger charge is -2.33. The van der Waals surface area contributed by atoms with E-state index in [4.69, 9.17) is 5.26 Å². The summed E-state index contributed by atoms with van der Waals surface area (Å²) in [4.78, 5) is 8.83. The summed E-state index contributed by atoms with van der Waals surface area (Å²) in [6, 6.07) is 4.78. The highest BCUT2D eigenvalue weighted by molar-refractivity contribution is 5.84. The van der Waals surface area contributed by atoms with Crippen molar-refractivity contribution >= 4 is 22.5 Å². The third-order valence-corrected chi connectivity index (χ3v) is 4.20. The molecule has 2 aromatic heterocycles. The van der Waals surface area contributed by atoms with Gasteiger partial charge in [-0.25, -0.2) is 9.37 Å². The van der Waals surface area contributed by atoms with Crippen molar-refractivity contribution in [1.29, 1.82) is 5.26 Å². The molecule has 0 radical (unpaired) electrons. The fourth-order valence-corrected chi connectivity index (χ4v) is 2.89. The van der Waals surface area contributed by atoms with Crippen LogP contribution in [0.25, 0.3) is 16.7 Å². The van der Waals surface area contributed by atoms with Crippen molar-refractivity contribution in [2.75, 3.05) is 38.1 Å². The second-order valence-corrected chi connectivity index (χ2v) is 5.69. The lowest BCUT2D eigenvalue weighted by Crippen LogP contribution is -2.45. The zero-order valence-corrected chi connectivity index (χ0v) is 12.6. The largest absolute Gasteiger partial charge is 0.351 e. The molecule has 0 bridgehead atoms. The van der Waals surface area contributed by atoms with Gasteiger partial charge >= 0.3 is 0 Å². The number of rotatable bonds is 1. The van der Waals surface area contributed by atoms with Gasteiger partial charge in [0, 0.05) is 26.2 Å². The van der Waals surface area contributed by atoms with Crippen LogP contribution >= 0.6 is 0 Å². The molecule has 1 aromatic carbocycles. The Morgan fingerprint density at radius 3 is 2.74 bits per heavy atom. The molecule has 8 heteroatoms. The molecule has 0 aliphatic carbocycles. The summed E-state index contributed by atoms with van der Waals surface area (Å²) in [6.45, 7) is 3.43. The van der Waals surface area contributed by atoms with E-state index in [1.54, 1.807) is 10.5 Å². The third kappa shape index (κ3) is 2.17. The molecule has 1 aliphatic heterocycles. The minimum atomic E-state index is -0.509. The number of hydrogen-bond donors (Lipinski definition) is 0. The second kappa shape index (κ2) is 5.14. The zero-order chi connectivity index (χ0) is 16.0. The zero-order valence-electron chi connectivity index (χ0n) is 12.6. The van der Waals surface area contributed by atoms with Gasteiger partial charge < -0.3 is 9.80 Å². The number of benzene rings is 1. The van der Waals surface area contributed by atoms with Gasteiger partial charge in [-0.2, -0.15) is 5.26 Å². The SMILES string of the molecule is CN1CCN(c2nc3c(F)cc(C#N)cc3n3cnnc23)CC1. The first-order valence-corrected chi connectivity index (χ1v) is 7.34. The highest BCUT2D eigenvalue weighted by atomic mass is 19.1. The summed E-state index contributed by atoms with van der Waals surface area (Å²) in [7, 11) is 2.07. The number of aromatic nitrogens is 4. The van der Waals surface area contributed by atoms with Crippen LogP contribution in [0.3, 0.4) is 0 Å². The molecule has 0 spiro atoms. The molecule has 1 fully saturated rings. The molecule has 1 aliphatic rings. The van der Waals surface area contributed by atoms with Gasteiger partial charge in [-0.3, -0.25) is 4.40 Å². The van der Waals surface area contributed by atoms with Gasteiger partial charge in [-0.05, 0) is 19.2 Å². The maximum atomic E-state index is 14.4. The molecule has 116 valence electrons. The number of piperazine rings is 1. The molecule has 3 heterocycles. The number of nitrogens with zero attached hydrogens (tertiary/aromatic N) is 7. The van der Waals surface area contributed by atoms with E-state index >= 15 is 0 Å². The van der Waals surface area contributed by atoms with Crippen molar-refractivity contribution in [3.8, 4) is 6.07 Å². The molecule has 0 atom stereocenters. The molecule has 0 unspecified atom stereocenters. The van der Waals surface area contributed by atoms with E-state index in [9.17, 15) is 4.39 Å². The minimum absolute atomic E-state index is 0.227. The number of hydrogen-bond acceptors (Lipinski definition) is 6. The Morgan fingerprint density at radius 2 is 2.00 bits per heavy atom. The summed E-state index contributed by atoms with van der Waals surface area (Å²) < 4.78 is 16.1. The number of nitriles is 1. The Hall–Kier alpha value is -2.79. The Morgan fingerprint density at radius 1 is 1.22 bits per heavy atom. The summed E-state index contributed by atoms with van der Waals surface area (Å²) in [6.07, 6.45) is 1.53. The van der Waals surface area contributed by atoms with Crippen LogP contribution in [0.15, 0.2) is 18.5 Å². The molecule has 7 nitrogen and oxygen atoms in total. The maximum Gasteiger partial charge on any atom is 0.204 e. The summed E-state index contributed by atoms with van der Waals surface area (Å²) in [5.74, 6) is 0.122. The van der Waals surface area contributed by atoms with Crippen LogP contribution in [0.1, 0.15) is 5.56 Å². The lowest BCUT2D eigenvalue weighted by molar-refractivity contribution is 0.312. The molecule has 0 saturated carbocycles. The number of anilines is 1. The van der Waals surface area contributed by atoms with E-state index < -0.39 is 5.82 Å². The van der Waals surface area contributed by atoms with Crippen LogP contribution in [-0.2, 0) is 0 Å². The Balaban J connectivity index is 1.96. The molecular formula is C15H14FN7. The van der Waals surface area contributed by atoms with Gasteiger partial charge in [-0.1, -0.05) is 0 Å². The molecular weight excluding hydrogens is 297 g/mol. The van der Waals surface area contributed by atoms with Gasteiger partial charge in [0.25, 0.3) is 0 Å². The summed E-state index contributed by atoms with van der Waals surface area (Å²) in [5, 5.41) is 17.1. The predicted molar refractivity (Wildman–Crippen MR) is 82.7 cm³/mol. The summed E-state index contributed by atoms with van der Waals surface area (Å²) >= 11 is 0. The van der Waals surface area contributed by atoms with Crippen LogP contribution in [0.5, 0.6) is 0 Å². The van der Waals surface area contributed by atoms with Crippen molar-refractivity contribution < 1.29 is 4.39 Å². The van der Waals surface area contributed by atoms with Gasteiger partial charge in [0.15, 0.2) is 11.6 Å². The fraction of sp³-hybridized carbons (Fsp3) is 0.333. The molecule has 23 heavy (non-hydrogen) atoms. The van der Waals surface area contributed by atoms with Crippen LogP contribution in [-0.4, -0.2) is 57.7 Å². The van der Waals surface area contributed by atoms with Gasteiger partial charge in [0.1, 0.15) is 11.8 Å². The Labute approximate surface area is 131 Å². The van der Waals surface area contributed by atoms with Gasteiger partial charge in [0.05, 0.1) is 17.1 Å². The quantitative estimate of drug-likeness (QED) is 0.668. The number of halogens is 1. The van der Waals surface area contributed by atoms with E-state index in [0.29, 0.717) is 17.0 Å². The van der Waals surface area contributed by atoms with Crippen molar-refractivity contribution in [3.05, 3.63) is 29.8 Å². The molecule has 0 amide bonds. The predicted octanol–water partition coefficient (Wildman–Crippen LogP) is 1.04. The van der Waals surface area contributed by atoms with Crippen LogP contribution in [0, 0.1) is 17.1 Å². The number of likely N-dealkylation sites (N-methyl/N-ethyl adjacent to an activating group) is 1. The topological polar surface area (TPSA) is 73.3 Å². The Bertz CT molecular complexity index is 934. The minimum Gasteiger partial charge on any atom is -0.351 e. The fourth-order valence-electron chi connectivity index (χ4n) is 2.89. The summed E-state index contributed by atoms with van der Waals surface area (Å²) in [5.41, 5.74) is 1.56. The van der Waals surface area contributed by atoms with Gasteiger partial charge in [-0.15, -0.1) is 10.2 Å². The standard InChI is InChI=1S/C15H14FN7/c1-21-2-4-22(5-3-21)14-15-20-18-9-23(15)12-7-10(8-17)6-11(16)13(12)19-14/h6-7,9H,2-5H2,1H3.